The lowest BCUT2D eigenvalue weighted by Gasteiger charge is -2.22. The molecule has 1 aliphatic carbocycles. The first kappa shape index (κ1) is 10.6. The van der Waals surface area contributed by atoms with Crippen molar-refractivity contribution in [3.8, 4) is 0 Å². The van der Waals surface area contributed by atoms with E-state index < -0.39 is 10.8 Å². The van der Waals surface area contributed by atoms with Crippen molar-refractivity contribution < 1.29 is 4.21 Å². The smallest absolute Gasteiger partial charge is 0.0391 e. The SMILES string of the molecule is O=S(C[C@@H]1CCCN1)C1CCCCC1. The van der Waals surface area contributed by atoms with Crippen molar-refractivity contribution in [2.45, 2.75) is 56.2 Å². The Hall–Kier alpha value is 0.110. The van der Waals surface area contributed by atoms with Gasteiger partial charge in [-0.1, -0.05) is 19.3 Å². The first-order valence-corrected chi connectivity index (χ1v) is 7.35. The van der Waals surface area contributed by atoms with Gasteiger partial charge in [-0.2, -0.15) is 0 Å². The van der Waals surface area contributed by atoms with Gasteiger partial charge in [-0.25, -0.2) is 0 Å². The van der Waals surface area contributed by atoms with Gasteiger partial charge in [0.05, 0.1) is 0 Å². The summed E-state index contributed by atoms with van der Waals surface area (Å²) < 4.78 is 12.0. The van der Waals surface area contributed by atoms with Gasteiger partial charge in [0.2, 0.25) is 0 Å². The van der Waals surface area contributed by atoms with Crippen LogP contribution in [0.25, 0.3) is 0 Å². The average Bonchev–Trinajstić information content (AvgIpc) is 2.72. The Morgan fingerprint density at radius 1 is 1.07 bits per heavy atom. The standard InChI is InChI=1S/C11H21NOS/c13-14(9-10-5-4-8-12-10)11-6-2-1-3-7-11/h10-12H,1-9H2/t10-,14?/m0/s1. The summed E-state index contributed by atoms with van der Waals surface area (Å²) in [6, 6.07) is 0.553. The van der Waals surface area contributed by atoms with Crippen LogP contribution in [-0.2, 0) is 10.8 Å². The van der Waals surface area contributed by atoms with Crippen molar-refractivity contribution in [1.29, 1.82) is 0 Å². The molecule has 2 atom stereocenters. The lowest BCUT2D eigenvalue weighted by atomic mass is 10.0. The molecule has 2 rings (SSSR count). The minimum Gasteiger partial charge on any atom is -0.313 e. The summed E-state index contributed by atoms with van der Waals surface area (Å²) in [6.45, 7) is 1.13. The van der Waals surface area contributed by atoms with Crippen molar-refractivity contribution >= 4 is 10.8 Å². The van der Waals surface area contributed by atoms with E-state index in [1.807, 2.05) is 0 Å². The van der Waals surface area contributed by atoms with Crippen LogP contribution in [0.4, 0.5) is 0 Å². The Bertz CT molecular complexity index is 195. The fourth-order valence-corrected chi connectivity index (χ4v) is 4.37. The quantitative estimate of drug-likeness (QED) is 0.778. The minimum absolute atomic E-state index is 0.520. The predicted octanol–water partition coefficient (Wildman–Crippen LogP) is 1.82. The van der Waals surface area contributed by atoms with Crippen LogP contribution in [0.5, 0.6) is 0 Å². The van der Waals surface area contributed by atoms with Gasteiger partial charge in [-0.3, -0.25) is 4.21 Å². The molecule has 82 valence electrons. The molecule has 0 amide bonds. The number of nitrogens with one attached hydrogen (secondary N) is 1. The lowest BCUT2D eigenvalue weighted by Crippen LogP contribution is -2.32. The van der Waals surface area contributed by atoms with E-state index in [2.05, 4.69) is 5.32 Å². The van der Waals surface area contributed by atoms with E-state index >= 15 is 0 Å². The number of hydrogen-bond acceptors (Lipinski definition) is 2. The highest BCUT2D eigenvalue weighted by atomic mass is 32.2. The molecule has 2 nitrogen and oxygen atoms in total. The van der Waals surface area contributed by atoms with Crippen LogP contribution in [0.1, 0.15) is 44.9 Å². The van der Waals surface area contributed by atoms with E-state index in [0.29, 0.717) is 11.3 Å². The highest BCUT2D eigenvalue weighted by molar-refractivity contribution is 7.85. The molecular weight excluding hydrogens is 194 g/mol. The van der Waals surface area contributed by atoms with Gasteiger partial charge in [0, 0.05) is 27.8 Å². The Kier molecular flexibility index (Phi) is 3.99. The molecule has 0 aromatic carbocycles. The van der Waals surface area contributed by atoms with Crippen molar-refractivity contribution in [1.82, 2.24) is 5.32 Å². The van der Waals surface area contributed by atoms with Crippen LogP contribution in [0.2, 0.25) is 0 Å². The maximum atomic E-state index is 12.0. The molecule has 1 saturated carbocycles. The third-order valence-electron chi connectivity index (χ3n) is 3.45. The maximum absolute atomic E-state index is 12.0. The fraction of sp³-hybridized carbons (Fsp3) is 1.00. The van der Waals surface area contributed by atoms with Crippen molar-refractivity contribution in [3.63, 3.8) is 0 Å². The summed E-state index contributed by atoms with van der Waals surface area (Å²) in [7, 11) is -0.559. The second-order valence-electron chi connectivity index (χ2n) is 4.60. The zero-order chi connectivity index (χ0) is 9.80. The van der Waals surface area contributed by atoms with Crippen LogP contribution in [0.3, 0.4) is 0 Å². The van der Waals surface area contributed by atoms with Crippen LogP contribution in [0, 0.1) is 0 Å². The molecule has 3 heteroatoms. The van der Waals surface area contributed by atoms with Crippen molar-refractivity contribution in [3.05, 3.63) is 0 Å². The first-order valence-electron chi connectivity index (χ1n) is 5.97. The largest absolute Gasteiger partial charge is 0.313 e. The summed E-state index contributed by atoms with van der Waals surface area (Å²) in [5.74, 6) is 0.907. The van der Waals surface area contributed by atoms with Crippen molar-refractivity contribution in [2.75, 3.05) is 12.3 Å². The Morgan fingerprint density at radius 2 is 1.86 bits per heavy atom. The molecule has 0 radical (unpaired) electrons. The predicted molar refractivity (Wildman–Crippen MR) is 60.9 cm³/mol. The molecule has 0 aromatic heterocycles. The van der Waals surface area contributed by atoms with Crippen LogP contribution >= 0.6 is 0 Å². The summed E-state index contributed by atoms with van der Waals surface area (Å²) in [6.07, 6.45) is 8.88. The van der Waals surface area contributed by atoms with E-state index in [4.69, 9.17) is 0 Å². The van der Waals surface area contributed by atoms with E-state index in [-0.39, 0.29) is 0 Å². The zero-order valence-corrected chi connectivity index (χ0v) is 9.65. The second-order valence-corrected chi connectivity index (χ2v) is 6.36. The number of hydrogen-bond donors (Lipinski definition) is 1. The van der Waals surface area contributed by atoms with Gasteiger partial charge >= 0.3 is 0 Å². The molecule has 0 spiro atoms. The molecule has 1 saturated heterocycles. The van der Waals surface area contributed by atoms with Crippen LogP contribution in [0.15, 0.2) is 0 Å². The van der Waals surface area contributed by atoms with E-state index in [1.165, 1.54) is 44.9 Å². The highest BCUT2D eigenvalue weighted by Gasteiger charge is 2.23. The van der Waals surface area contributed by atoms with Gasteiger partial charge in [0.25, 0.3) is 0 Å². The minimum atomic E-state index is -0.559. The molecule has 14 heavy (non-hydrogen) atoms. The molecule has 1 unspecified atom stereocenters. The van der Waals surface area contributed by atoms with E-state index in [9.17, 15) is 4.21 Å². The summed E-state index contributed by atoms with van der Waals surface area (Å²) in [5, 5.41) is 3.95. The zero-order valence-electron chi connectivity index (χ0n) is 8.84. The molecule has 0 bridgehead atoms. The van der Waals surface area contributed by atoms with Gasteiger partial charge in [0.1, 0.15) is 0 Å². The molecule has 2 aliphatic rings. The second kappa shape index (κ2) is 5.26. The monoisotopic (exact) mass is 215 g/mol. The van der Waals surface area contributed by atoms with Gasteiger partial charge in [0.15, 0.2) is 0 Å². The highest BCUT2D eigenvalue weighted by Crippen LogP contribution is 2.23. The normalized spacial score (nSPS) is 31.9. The lowest BCUT2D eigenvalue weighted by molar-refractivity contribution is 0.502. The third kappa shape index (κ3) is 2.80. The third-order valence-corrected chi connectivity index (χ3v) is 5.40. The average molecular weight is 215 g/mol. The fourth-order valence-electron chi connectivity index (χ4n) is 2.56. The Labute approximate surface area is 89.3 Å². The molecular formula is C11H21NOS. The molecule has 0 aromatic rings. The summed E-state index contributed by atoms with van der Waals surface area (Å²) in [4.78, 5) is 0. The van der Waals surface area contributed by atoms with E-state index in [1.54, 1.807) is 0 Å². The van der Waals surface area contributed by atoms with Gasteiger partial charge in [-0.15, -0.1) is 0 Å². The van der Waals surface area contributed by atoms with Gasteiger partial charge < -0.3 is 5.32 Å². The van der Waals surface area contributed by atoms with Gasteiger partial charge in [-0.05, 0) is 32.2 Å². The Balaban J connectivity index is 1.75. The molecule has 1 N–H and O–H groups in total. The maximum Gasteiger partial charge on any atom is 0.0391 e. The summed E-state index contributed by atoms with van der Waals surface area (Å²) >= 11 is 0. The first-order chi connectivity index (χ1) is 6.86. The molecule has 1 aliphatic heterocycles. The van der Waals surface area contributed by atoms with E-state index in [0.717, 1.165) is 12.3 Å². The van der Waals surface area contributed by atoms with Crippen LogP contribution < -0.4 is 5.32 Å². The summed E-state index contributed by atoms with van der Waals surface area (Å²) in [5.41, 5.74) is 0. The van der Waals surface area contributed by atoms with Crippen LogP contribution in [-0.4, -0.2) is 27.8 Å². The Morgan fingerprint density at radius 3 is 2.50 bits per heavy atom. The topological polar surface area (TPSA) is 29.1 Å². The molecule has 1 heterocycles. The number of rotatable bonds is 3. The molecule has 2 fully saturated rings. The van der Waals surface area contributed by atoms with Crippen molar-refractivity contribution in [2.24, 2.45) is 0 Å².